The van der Waals surface area contributed by atoms with Gasteiger partial charge in [0.05, 0.1) is 23.7 Å². The third-order valence-corrected chi connectivity index (χ3v) is 7.40. The van der Waals surface area contributed by atoms with Crippen molar-refractivity contribution >= 4 is 28.7 Å². The summed E-state index contributed by atoms with van der Waals surface area (Å²) in [5.41, 5.74) is 5.04. The van der Waals surface area contributed by atoms with Crippen LogP contribution in [0.15, 0.2) is 75.9 Å². The Kier molecular flexibility index (Phi) is 7.94. The van der Waals surface area contributed by atoms with Crippen molar-refractivity contribution in [3.8, 4) is 0 Å². The summed E-state index contributed by atoms with van der Waals surface area (Å²) in [6.07, 6.45) is 0.140. The van der Waals surface area contributed by atoms with E-state index < -0.39 is 0 Å². The van der Waals surface area contributed by atoms with E-state index in [-0.39, 0.29) is 30.1 Å². The Morgan fingerprint density at radius 1 is 1.08 bits per heavy atom. The number of hydrogen-bond donors (Lipinski definition) is 1. The fourth-order valence-electron chi connectivity index (χ4n) is 4.54. The van der Waals surface area contributed by atoms with Crippen LogP contribution in [0.1, 0.15) is 49.9 Å². The van der Waals surface area contributed by atoms with Crippen molar-refractivity contribution in [2.45, 2.75) is 46.7 Å². The zero-order valence-electron chi connectivity index (χ0n) is 21.0. The highest BCUT2D eigenvalue weighted by molar-refractivity contribution is 8.16. The summed E-state index contributed by atoms with van der Waals surface area (Å²) in [7, 11) is 0. The summed E-state index contributed by atoms with van der Waals surface area (Å²) in [6, 6.07) is 13.7. The Hall–Kier alpha value is -3.39. The number of amidine groups is 1. The van der Waals surface area contributed by atoms with Crippen molar-refractivity contribution in [3.05, 3.63) is 93.4 Å². The number of aliphatic imine (C=N–C) groups is 1. The average Bonchev–Trinajstić information content (AvgIpc) is 3.25. The highest BCUT2D eigenvalue weighted by atomic mass is 32.2. The van der Waals surface area contributed by atoms with Gasteiger partial charge in [0.1, 0.15) is 5.82 Å². The van der Waals surface area contributed by atoms with E-state index in [2.05, 4.69) is 5.32 Å². The molecule has 2 aromatic carbocycles. The summed E-state index contributed by atoms with van der Waals surface area (Å²) in [5, 5.41) is 5.63. The van der Waals surface area contributed by atoms with Gasteiger partial charge in [-0.25, -0.2) is 9.38 Å². The van der Waals surface area contributed by atoms with Gasteiger partial charge in [0.2, 0.25) is 5.91 Å². The van der Waals surface area contributed by atoms with E-state index in [1.807, 2.05) is 67.2 Å². The first-order valence-corrected chi connectivity index (χ1v) is 13.0. The normalized spacial score (nSPS) is 16.9. The van der Waals surface area contributed by atoms with Gasteiger partial charge in [0.25, 0.3) is 5.91 Å². The number of benzene rings is 2. The van der Waals surface area contributed by atoms with Crippen LogP contribution in [0.4, 0.5) is 4.39 Å². The summed E-state index contributed by atoms with van der Waals surface area (Å²) in [5.74, 6) is -0.500. The molecule has 0 bridgehead atoms. The lowest BCUT2D eigenvalue weighted by Gasteiger charge is -2.38. The van der Waals surface area contributed by atoms with E-state index in [4.69, 9.17) is 4.99 Å². The molecule has 0 saturated carbocycles. The van der Waals surface area contributed by atoms with Crippen molar-refractivity contribution in [2.75, 3.05) is 13.1 Å². The minimum absolute atomic E-state index is 0.0365. The molecule has 1 atom stereocenters. The van der Waals surface area contributed by atoms with E-state index >= 15 is 0 Å². The van der Waals surface area contributed by atoms with Gasteiger partial charge in [-0.05, 0) is 61.9 Å². The molecule has 36 heavy (non-hydrogen) atoms. The molecule has 2 amide bonds. The van der Waals surface area contributed by atoms with Crippen LogP contribution < -0.4 is 5.32 Å². The lowest BCUT2D eigenvalue weighted by Crippen LogP contribution is -2.42. The number of allylic oxidation sites excluding steroid dienone is 1. The Bertz CT molecular complexity index is 1250. The molecule has 2 aliphatic heterocycles. The predicted octanol–water partition coefficient (Wildman–Crippen LogP) is 5.28. The highest BCUT2D eigenvalue weighted by Crippen LogP contribution is 2.45. The van der Waals surface area contributed by atoms with Gasteiger partial charge in [0.15, 0.2) is 5.17 Å². The van der Waals surface area contributed by atoms with Crippen molar-refractivity contribution in [3.63, 3.8) is 0 Å². The van der Waals surface area contributed by atoms with Gasteiger partial charge in [-0.15, -0.1) is 0 Å². The number of nitrogens with zero attached hydrogens (tertiary/aromatic N) is 3. The molecule has 4 rings (SSSR count). The van der Waals surface area contributed by atoms with Crippen LogP contribution in [-0.2, 0) is 16.1 Å². The minimum Gasteiger partial charge on any atom is -0.352 e. The number of hydrogen-bond acceptors (Lipinski definition) is 5. The first kappa shape index (κ1) is 25.7. The Balaban J connectivity index is 1.63. The van der Waals surface area contributed by atoms with Gasteiger partial charge in [0, 0.05) is 25.3 Å². The SMILES string of the molecule is CCN(CC)C(=O)C1=C(C)N=C2SC=C(CC(=O)NCc3ccc(F)cc3)N2C1c1ccccc1C. The molecule has 2 aliphatic rings. The quantitative estimate of drug-likeness (QED) is 0.529. The largest absolute Gasteiger partial charge is 0.352 e. The van der Waals surface area contributed by atoms with E-state index in [9.17, 15) is 14.0 Å². The summed E-state index contributed by atoms with van der Waals surface area (Å²) >= 11 is 1.47. The third kappa shape index (κ3) is 5.23. The topological polar surface area (TPSA) is 65.0 Å². The number of amides is 2. The molecule has 188 valence electrons. The van der Waals surface area contributed by atoms with Gasteiger partial charge in [-0.2, -0.15) is 0 Å². The van der Waals surface area contributed by atoms with E-state index in [1.54, 1.807) is 12.1 Å². The number of aryl methyl sites for hydroxylation is 1. The number of carbonyl (C=O) groups is 2. The molecule has 6 nitrogen and oxygen atoms in total. The van der Waals surface area contributed by atoms with E-state index in [0.29, 0.717) is 30.9 Å². The number of fused-ring (bicyclic) bond motifs is 1. The summed E-state index contributed by atoms with van der Waals surface area (Å²) in [4.78, 5) is 35.3. The van der Waals surface area contributed by atoms with Crippen LogP contribution in [0, 0.1) is 12.7 Å². The molecule has 0 aromatic heterocycles. The standard InChI is InChI=1S/C28H31FN4O2S/c1-5-32(6-2)27(35)25-19(4)31-28-33(26(25)23-10-8-7-9-18(23)3)22(17-36-28)15-24(34)30-16-20-11-13-21(29)14-12-20/h7-14,17,26H,5-6,15-16H2,1-4H3,(H,30,34). The minimum atomic E-state index is -0.377. The van der Waals surface area contributed by atoms with Gasteiger partial charge < -0.3 is 15.1 Å². The molecule has 0 fully saturated rings. The number of carbonyl (C=O) groups excluding carboxylic acids is 2. The van der Waals surface area contributed by atoms with Crippen LogP contribution >= 0.6 is 11.8 Å². The average molecular weight is 507 g/mol. The lowest BCUT2D eigenvalue weighted by molar-refractivity contribution is -0.127. The summed E-state index contributed by atoms with van der Waals surface area (Å²) < 4.78 is 13.2. The first-order chi connectivity index (χ1) is 17.3. The second-order valence-electron chi connectivity index (χ2n) is 8.81. The molecular formula is C28H31FN4O2S. The molecule has 1 unspecified atom stereocenters. The maximum absolute atomic E-state index is 13.7. The molecule has 0 radical (unpaired) electrons. The zero-order chi connectivity index (χ0) is 25.8. The number of likely N-dealkylation sites (N-methyl/N-ethyl adjacent to an activating group) is 1. The molecule has 0 spiro atoms. The van der Waals surface area contributed by atoms with Gasteiger partial charge in [-0.3, -0.25) is 9.59 Å². The summed E-state index contributed by atoms with van der Waals surface area (Å²) in [6.45, 7) is 9.39. The molecular weight excluding hydrogens is 475 g/mol. The monoisotopic (exact) mass is 506 g/mol. The smallest absolute Gasteiger partial charge is 0.254 e. The lowest BCUT2D eigenvalue weighted by atomic mass is 9.90. The fraction of sp³-hybridized carbons (Fsp3) is 0.321. The van der Waals surface area contributed by atoms with Crippen LogP contribution in [-0.4, -0.2) is 39.9 Å². The fourth-order valence-corrected chi connectivity index (χ4v) is 5.51. The van der Waals surface area contributed by atoms with E-state index in [1.165, 1.54) is 23.9 Å². The molecule has 8 heteroatoms. The molecule has 1 N–H and O–H groups in total. The molecule has 0 saturated heterocycles. The first-order valence-electron chi connectivity index (χ1n) is 12.1. The van der Waals surface area contributed by atoms with Crippen molar-refractivity contribution in [1.82, 2.24) is 15.1 Å². The number of nitrogens with one attached hydrogen (secondary N) is 1. The number of rotatable bonds is 8. The molecule has 0 aliphatic carbocycles. The third-order valence-electron chi connectivity index (χ3n) is 6.51. The molecule has 2 heterocycles. The van der Waals surface area contributed by atoms with Gasteiger partial charge in [-0.1, -0.05) is 48.2 Å². The number of thioether (sulfide) groups is 1. The Labute approximate surface area is 216 Å². The second-order valence-corrected chi connectivity index (χ2v) is 9.64. The second kappa shape index (κ2) is 11.1. The Morgan fingerprint density at radius 3 is 2.44 bits per heavy atom. The Morgan fingerprint density at radius 2 is 1.78 bits per heavy atom. The maximum Gasteiger partial charge on any atom is 0.254 e. The van der Waals surface area contributed by atoms with Gasteiger partial charge >= 0.3 is 0 Å². The van der Waals surface area contributed by atoms with Crippen LogP contribution in [0.25, 0.3) is 0 Å². The predicted molar refractivity (Wildman–Crippen MR) is 142 cm³/mol. The van der Waals surface area contributed by atoms with E-state index in [0.717, 1.165) is 27.6 Å². The number of halogens is 1. The van der Waals surface area contributed by atoms with Crippen LogP contribution in [0.3, 0.4) is 0 Å². The van der Waals surface area contributed by atoms with Crippen molar-refractivity contribution in [1.29, 1.82) is 0 Å². The highest BCUT2D eigenvalue weighted by Gasteiger charge is 2.41. The maximum atomic E-state index is 13.7. The van der Waals surface area contributed by atoms with Crippen LogP contribution in [0.2, 0.25) is 0 Å². The zero-order valence-corrected chi connectivity index (χ0v) is 21.9. The van der Waals surface area contributed by atoms with Crippen molar-refractivity contribution in [2.24, 2.45) is 4.99 Å². The van der Waals surface area contributed by atoms with Crippen LogP contribution in [0.5, 0.6) is 0 Å². The molecule has 2 aromatic rings. The van der Waals surface area contributed by atoms with Crippen molar-refractivity contribution < 1.29 is 14.0 Å².